The Morgan fingerprint density at radius 1 is 1.48 bits per heavy atom. The fraction of sp³-hybridized carbons (Fsp3) is 0.562. The smallest absolute Gasteiger partial charge is 0.241 e. The lowest BCUT2D eigenvalue weighted by Crippen LogP contribution is -2.41. The van der Waals surface area contributed by atoms with E-state index in [9.17, 15) is 4.79 Å². The van der Waals surface area contributed by atoms with E-state index in [2.05, 4.69) is 29.4 Å². The van der Waals surface area contributed by atoms with Crippen LogP contribution in [0.15, 0.2) is 24.3 Å². The monoisotopic (exact) mass is 291 g/mol. The van der Waals surface area contributed by atoms with Crippen LogP contribution >= 0.6 is 0 Å². The Morgan fingerprint density at radius 3 is 2.81 bits per heavy atom. The quantitative estimate of drug-likeness (QED) is 0.489. The van der Waals surface area contributed by atoms with Gasteiger partial charge in [-0.25, -0.2) is 5.84 Å². The van der Waals surface area contributed by atoms with Gasteiger partial charge in [0.2, 0.25) is 5.91 Å². The van der Waals surface area contributed by atoms with Crippen LogP contribution < -0.4 is 11.3 Å². The Bertz CT molecular complexity index is 461. The van der Waals surface area contributed by atoms with Crippen molar-refractivity contribution in [1.29, 1.82) is 0 Å². The van der Waals surface area contributed by atoms with Gasteiger partial charge in [-0.05, 0) is 24.5 Å². The maximum atomic E-state index is 11.5. The molecule has 3 N–H and O–H groups in total. The Labute approximate surface area is 126 Å². The zero-order chi connectivity index (χ0) is 15.2. The van der Waals surface area contributed by atoms with Crippen molar-refractivity contribution >= 4 is 5.91 Å². The summed E-state index contributed by atoms with van der Waals surface area (Å²) in [6, 6.07) is 8.19. The van der Waals surface area contributed by atoms with E-state index < -0.39 is 0 Å². The number of amides is 1. The Morgan fingerprint density at radius 2 is 2.19 bits per heavy atom. The van der Waals surface area contributed by atoms with Gasteiger partial charge in [0.05, 0.1) is 18.6 Å². The molecule has 1 fully saturated rings. The van der Waals surface area contributed by atoms with Gasteiger partial charge in [-0.3, -0.25) is 15.1 Å². The van der Waals surface area contributed by atoms with E-state index in [1.54, 1.807) is 0 Å². The minimum absolute atomic E-state index is 0.165. The summed E-state index contributed by atoms with van der Waals surface area (Å²) in [6.07, 6.45) is 1.41. The third kappa shape index (κ3) is 4.27. The van der Waals surface area contributed by atoms with Crippen LogP contribution in [0.3, 0.4) is 0 Å². The molecule has 21 heavy (non-hydrogen) atoms. The van der Waals surface area contributed by atoms with Crippen molar-refractivity contribution < 1.29 is 9.53 Å². The standard InChI is InChI=1S/C16H25N3O2/c1-3-15-11-19(8-9-21-15)10-13-4-6-14(7-5-13)12(2)16(20)18-17/h4-7,12,15H,3,8-11,17H2,1-2H3,(H,18,20). The van der Waals surface area contributed by atoms with E-state index >= 15 is 0 Å². The molecule has 0 spiro atoms. The number of carbonyl (C=O) groups is 1. The van der Waals surface area contributed by atoms with E-state index in [-0.39, 0.29) is 11.8 Å². The summed E-state index contributed by atoms with van der Waals surface area (Å²) < 4.78 is 5.69. The first-order valence-electron chi connectivity index (χ1n) is 7.57. The molecule has 5 heteroatoms. The minimum atomic E-state index is -0.225. The zero-order valence-electron chi connectivity index (χ0n) is 12.8. The van der Waals surface area contributed by atoms with E-state index in [4.69, 9.17) is 10.6 Å². The molecule has 0 aliphatic carbocycles. The summed E-state index contributed by atoms with van der Waals surface area (Å²) in [5.74, 6) is 4.78. The molecule has 0 radical (unpaired) electrons. The third-order valence-corrected chi connectivity index (χ3v) is 4.10. The first-order chi connectivity index (χ1) is 10.1. The van der Waals surface area contributed by atoms with Crippen molar-refractivity contribution in [3.63, 3.8) is 0 Å². The Hall–Kier alpha value is -1.43. The molecular formula is C16H25N3O2. The first kappa shape index (κ1) is 15.9. The summed E-state index contributed by atoms with van der Waals surface area (Å²) in [5, 5.41) is 0. The SMILES string of the molecule is CCC1CN(Cc2ccc(C(C)C(=O)NN)cc2)CCO1. The van der Waals surface area contributed by atoms with Gasteiger partial charge < -0.3 is 4.74 Å². The molecule has 1 aliphatic heterocycles. The molecule has 2 rings (SSSR count). The van der Waals surface area contributed by atoms with Crippen molar-refractivity contribution in [1.82, 2.24) is 10.3 Å². The Kier molecular flexibility index (Phi) is 5.73. The molecule has 1 aromatic rings. The summed E-state index contributed by atoms with van der Waals surface area (Å²) in [5.41, 5.74) is 4.44. The Balaban J connectivity index is 1.94. The van der Waals surface area contributed by atoms with Crippen molar-refractivity contribution in [2.24, 2.45) is 5.84 Å². The van der Waals surface area contributed by atoms with Gasteiger partial charge in [0.1, 0.15) is 0 Å². The predicted molar refractivity (Wildman–Crippen MR) is 82.5 cm³/mol. The fourth-order valence-corrected chi connectivity index (χ4v) is 2.62. The van der Waals surface area contributed by atoms with Crippen LogP contribution in [-0.2, 0) is 16.1 Å². The molecule has 1 amide bonds. The number of ether oxygens (including phenoxy) is 1. The van der Waals surface area contributed by atoms with E-state index in [1.165, 1.54) is 5.56 Å². The molecule has 2 unspecified atom stereocenters. The van der Waals surface area contributed by atoms with Crippen LogP contribution in [0, 0.1) is 0 Å². The number of hydrogen-bond donors (Lipinski definition) is 2. The molecule has 1 aliphatic rings. The number of hydrogen-bond acceptors (Lipinski definition) is 4. The average molecular weight is 291 g/mol. The molecule has 0 saturated carbocycles. The number of carbonyl (C=O) groups excluding carboxylic acids is 1. The van der Waals surface area contributed by atoms with Gasteiger partial charge in [0, 0.05) is 19.6 Å². The first-order valence-corrected chi connectivity index (χ1v) is 7.57. The number of hydrazine groups is 1. The minimum Gasteiger partial charge on any atom is -0.376 e. The zero-order valence-corrected chi connectivity index (χ0v) is 12.8. The number of nitrogens with zero attached hydrogens (tertiary/aromatic N) is 1. The highest BCUT2D eigenvalue weighted by molar-refractivity contribution is 5.82. The predicted octanol–water partition coefficient (Wildman–Crippen LogP) is 1.39. The normalized spacial score (nSPS) is 21.0. The third-order valence-electron chi connectivity index (χ3n) is 4.10. The lowest BCUT2D eigenvalue weighted by molar-refractivity contribution is -0.122. The lowest BCUT2D eigenvalue weighted by Gasteiger charge is -2.32. The maximum Gasteiger partial charge on any atom is 0.241 e. The average Bonchev–Trinajstić information content (AvgIpc) is 2.54. The molecule has 5 nitrogen and oxygen atoms in total. The maximum absolute atomic E-state index is 11.5. The second kappa shape index (κ2) is 7.54. The second-order valence-corrected chi connectivity index (χ2v) is 5.61. The lowest BCUT2D eigenvalue weighted by atomic mass is 9.99. The van der Waals surface area contributed by atoms with Crippen molar-refractivity contribution in [2.45, 2.75) is 38.8 Å². The van der Waals surface area contributed by atoms with E-state index in [0.29, 0.717) is 6.10 Å². The van der Waals surface area contributed by atoms with E-state index in [1.807, 2.05) is 19.1 Å². The van der Waals surface area contributed by atoms with Crippen molar-refractivity contribution in [3.05, 3.63) is 35.4 Å². The number of nitrogens with two attached hydrogens (primary N) is 1. The molecular weight excluding hydrogens is 266 g/mol. The molecule has 1 heterocycles. The highest BCUT2D eigenvalue weighted by Crippen LogP contribution is 2.18. The van der Waals surface area contributed by atoms with Crippen LogP contribution in [0.2, 0.25) is 0 Å². The molecule has 1 saturated heterocycles. The number of nitrogens with one attached hydrogen (secondary N) is 1. The van der Waals surface area contributed by atoms with Crippen LogP contribution in [0.5, 0.6) is 0 Å². The van der Waals surface area contributed by atoms with Gasteiger partial charge in [-0.1, -0.05) is 31.2 Å². The van der Waals surface area contributed by atoms with Crippen LogP contribution in [-0.4, -0.2) is 36.6 Å². The highest BCUT2D eigenvalue weighted by atomic mass is 16.5. The van der Waals surface area contributed by atoms with Crippen molar-refractivity contribution in [2.75, 3.05) is 19.7 Å². The van der Waals surface area contributed by atoms with E-state index in [0.717, 1.165) is 38.2 Å². The molecule has 0 aromatic heterocycles. The molecule has 2 atom stereocenters. The largest absolute Gasteiger partial charge is 0.376 e. The number of rotatable bonds is 5. The molecule has 0 bridgehead atoms. The molecule has 1 aromatic carbocycles. The summed E-state index contributed by atoms with van der Waals surface area (Å²) in [7, 11) is 0. The van der Waals surface area contributed by atoms with Gasteiger partial charge in [0.25, 0.3) is 0 Å². The van der Waals surface area contributed by atoms with Crippen LogP contribution in [0.4, 0.5) is 0 Å². The molecule has 116 valence electrons. The fourth-order valence-electron chi connectivity index (χ4n) is 2.62. The summed E-state index contributed by atoms with van der Waals surface area (Å²) in [6.45, 7) is 7.72. The van der Waals surface area contributed by atoms with Crippen molar-refractivity contribution in [3.8, 4) is 0 Å². The summed E-state index contributed by atoms with van der Waals surface area (Å²) >= 11 is 0. The topological polar surface area (TPSA) is 67.6 Å². The van der Waals surface area contributed by atoms with Gasteiger partial charge in [-0.2, -0.15) is 0 Å². The highest BCUT2D eigenvalue weighted by Gasteiger charge is 2.19. The van der Waals surface area contributed by atoms with Crippen LogP contribution in [0.25, 0.3) is 0 Å². The summed E-state index contributed by atoms with van der Waals surface area (Å²) in [4.78, 5) is 13.9. The number of morpholine rings is 1. The van der Waals surface area contributed by atoms with Gasteiger partial charge >= 0.3 is 0 Å². The second-order valence-electron chi connectivity index (χ2n) is 5.61. The van der Waals surface area contributed by atoms with Gasteiger partial charge in [-0.15, -0.1) is 0 Å². The van der Waals surface area contributed by atoms with Crippen LogP contribution in [0.1, 0.15) is 37.3 Å². The number of benzene rings is 1. The van der Waals surface area contributed by atoms with Gasteiger partial charge in [0.15, 0.2) is 0 Å².